The Kier molecular flexibility index (Phi) is 36.8. The number of fused-ring (bicyclic) bond motifs is 4. The third-order valence-corrected chi connectivity index (χ3v) is 13.4. The molecule has 4 aliphatic heterocycles. The molecule has 4 unspecified atom stereocenters. The van der Waals surface area contributed by atoms with Gasteiger partial charge in [-0.2, -0.15) is 0 Å². The Morgan fingerprint density at radius 3 is 1.10 bits per heavy atom. The number of pyridine rings is 2. The van der Waals surface area contributed by atoms with Crippen molar-refractivity contribution in [3.63, 3.8) is 0 Å². The quantitative estimate of drug-likeness (QED) is 0.0390. The Balaban J connectivity index is 0.000000329. The first-order valence-corrected chi connectivity index (χ1v) is 32.6. The van der Waals surface area contributed by atoms with Crippen LogP contribution in [-0.4, -0.2) is 262 Å². The Morgan fingerprint density at radius 2 is 0.747 bits per heavy atom. The number of rotatable bonds is 37. The lowest BCUT2D eigenvalue weighted by Crippen LogP contribution is -2.56. The summed E-state index contributed by atoms with van der Waals surface area (Å²) in [4.78, 5) is 61.9. The molecule has 0 aliphatic carbocycles. The average Bonchev–Trinajstić information content (AvgIpc) is 1.72. The van der Waals surface area contributed by atoms with Crippen LogP contribution < -0.4 is 19.7 Å². The van der Waals surface area contributed by atoms with Crippen LogP contribution in [0.3, 0.4) is 0 Å². The molecule has 4 fully saturated rings. The number of nitrogens with one attached hydrogen (secondary N) is 1. The second-order valence-corrected chi connectivity index (χ2v) is 26.7. The number of carbonyl (C=O) groups excluding carboxylic acids is 4. The maximum absolute atomic E-state index is 12.6. The molecule has 520 valence electrons. The van der Waals surface area contributed by atoms with Crippen LogP contribution >= 0.6 is 15.9 Å². The smallest absolute Gasteiger partial charge is 0.410 e. The van der Waals surface area contributed by atoms with Crippen molar-refractivity contribution in [2.45, 2.75) is 155 Å². The molecule has 0 aromatic carbocycles. The predicted molar refractivity (Wildman–Crippen MR) is 342 cm³/mol. The number of nitrogens with zero attached hydrogens (tertiary/aromatic N) is 5. The van der Waals surface area contributed by atoms with Gasteiger partial charge in [-0.15, -0.1) is 0 Å². The molecule has 4 saturated heterocycles. The molecule has 0 radical (unpaired) electrons. The summed E-state index contributed by atoms with van der Waals surface area (Å²) in [6.45, 7) is 33.7. The van der Waals surface area contributed by atoms with Gasteiger partial charge in [-0.05, 0) is 121 Å². The molecule has 4 atom stereocenters. The van der Waals surface area contributed by atoms with Crippen LogP contribution in [0.25, 0.3) is 0 Å². The molecule has 0 saturated carbocycles. The number of carbonyl (C=O) groups is 4. The summed E-state index contributed by atoms with van der Waals surface area (Å²) in [7, 11) is 0. The van der Waals surface area contributed by atoms with Crippen LogP contribution in [0, 0.1) is 0 Å². The van der Waals surface area contributed by atoms with Gasteiger partial charge in [0.05, 0.1) is 119 Å². The number of piperazine rings is 2. The van der Waals surface area contributed by atoms with E-state index in [1.165, 1.54) is 12.8 Å². The van der Waals surface area contributed by atoms with E-state index in [1.54, 1.807) is 18.5 Å². The summed E-state index contributed by atoms with van der Waals surface area (Å²) in [5, 5.41) is 3.49. The lowest BCUT2D eigenvalue weighted by atomic mass is 10.1. The Morgan fingerprint density at radius 1 is 0.429 bits per heavy atom. The molecule has 1 N–H and O–H groups in total. The van der Waals surface area contributed by atoms with E-state index in [1.807, 2.05) is 111 Å². The highest BCUT2D eigenvalue weighted by molar-refractivity contribution is 9.10. The number of hydrogen-bond donors (Lipinski definition) is 1. The summed E-state index contributed by atoms with van der Waals surface area (Å²) in [6, 6.07) is 9.06. The van der Waals surface area contributed by atoms with Crippen molar-refractivity contribution in [1.29, 1.82) is 0 Å². The van der Waals surface area contributed by atoms with Crippen LogP contribution in [-0.2, 0) is 75.9 Å². The Labute approximate surface area is 548 Å². The normalized spacial score (nSPS) is 18.0. The van der Waals surface area contributed by atoms with Gasteiger partial charge in [0.1, 0.15) is 48.8 Å². The number of amides is 2. The molecule has 6 heterocycles. The van der Waals surface area contributed by atoms with Crippen LogP contribution in [0.1, 0.15) is 109 Å². The monoisotopic (exact) mass is 1360 g/mol. The van der Waals surface area contributed by atoms with Crippen molar-refractivity contribution in [2.24, 2.45) is 0 Å². The molecule has 2 aromatic heterocycles. The summed E-state index contributed by atoms with van der Waals surface area (Å²) in [5.74, 6) is 0.340. The standard InChI is InChI=1S/C32H53N3O10.C21H34BrNO8.C11H20N2O2/c1-31(2,3)44-29(36)24-42-18-17-40-14-13-38-11-12-39-15-16-41-19-20-43-28-21-25(9-10-33-28)35-26-7-8-27(35)23-34(22-26)30(37)45-32(4,5)6;1-21(2,3)31-20(24)17-29-13-12-27-9-8-25-6-7-26-10-11-28-14-15-30-19-16-18(22)4-5-23-19;1-11(2,3)15-10(14)13-6-8-4-5-9(7-13)12-8/h9-10,21,26-27H,7-8,11-20,22-24H2,1-6H3;4-5,16H,6-15,17H2,1-3H3;8-9,12H,4-7H2,1-3H3. The fourth-order valence-electron chi connectivity index (χ4n) is 9.40. The fourth-order valence-corrected chi connectivity index (χ4v) is 9.71. The first kappa shape index (κ1) is 78.7. The number of ether oxygens (including phenoxy) is 16. The molecular weight excluding hydrogens is 1250 g/mol. The molecule has 2 amide bonds. The zero-order valence-electron chi connectivity index (χ0n) is 56.3. The summed E-state index contributed by atoms with van der Waals surface area (Å²) >= 11 is 3.36. The number of halogens is 1. The number of anilines is 1. The first-order chi connectivity index (χ1) is 43.2. The zero-order chi connectivity index (χ0) is 66.6. The van der Waals surface area contributed by atoms with Crippen molar-refractivity contribution < 1.29 is 95.0 Å². The van der Waals surface area contributed by atoms with Crippen molar-refractivity contribution in [3.05, 3.63) is 41.1 Å². The molecule has 27 heteroatoms. The van der Waals surface area contributed by atoms with E-state index in [-0.39, 0.29) is 55.0 Å². The number of likely N-dealkylation sites (tertiary alicyclic amines) is 2. The van der Waals surface area contributed by atoms with E-state index in [0.29, 0.717) is 169 Å². The van der Waals surface area contributed by atoms with Crippen molar-refractivity contribution in [3.8, 4) is 11.8 Å². The molecule has 26 nitrogen and oxygen atoms in total. The topological polar surface area (TPSA) is 263 Å². The lowest BCUT2D eigenvalue weighted by Gasteiger charge is -2.42. The summed E-state index contributed by atoms with van der Waals surface area (Å²) < 4.78 is 87.5. The number of aromatic nitrogens is 2. The van der Waals surface area contributed by atoms with Gasteiger partial charge in [0.2, 0.25) is 11.8 Å². The zero-order valence-corrected chi connectivity index (χ0v) is 57.9. The van der Waals surface area contributed by atoms with Gasteiger partial charge in [0, 0.05) is 85.0 Å². The maximum atomic E-state index is 12.6. The highest BCUT2D eigenvalue weighted by Crippen LogP contribution is 2.36. The Bertz CT molecular complexity index is 2330. The van der Waals surface area contributed by atoms with E-state index in [0.717, 1.165) is 36.1 Å². The molecule has 2 aromatic rings. The van der Waals surface area contributed by atoms with E-state index in [4.69, 9.17) is 75.8 Å². The molecule has 6 rings (SSSR count). The van der Waals surface area contributed by atoms with Crippen LogP contribution in [0.15, 0.2) is 41.1 Å². The Hall–Kier alpha value is -4.78. The highest BCUT2D eigenvalue weighted by atomic mass is 79.9. The van der Waals surface area contributed by atoms with Gasteiger partial charge in [-0.3, -0.25) is 0 Å². The SMILES string of the molecule is CC(C)(C)OC(=O)COCCOCCOCCOCCOCCOc1cc(Br)ccn1.CC(C)(C)OC(=O)COCCOCCOCCOCCOCCOc1cc(N2C3CCC2CN(C(=O)OC(C)(C)C)C3)ccn1.CC(C)(C)OC(=O)N1CC2CCC(C1)N2. The minimum atomic E-state index is -0.515. The van der Waals surface area contributed by atoms with Crippen molar-refractivity contribution in [2.75, 3.05) is 176 Å². The first-order valence-electron chi connectivity index (χ1n) is 31.8. The van der Waals surface area contributed by atoms with Gasteiger partial charge < -0.3 is 95.8 Å². The average molecular weight is 1360 g/mol. The van der Waals surface area contributed by atoms with Gasteiger partial charge >= 0.3 is 24.1 Å². The van der Waals surface area contributed by atoms with Crippen LogP contribution in [0.2, 0.25) is 0 Å². The van der Waals surface area contributed by atoms with Crippen LogP contribution in [0.5, 0.6) is 11.8 Å². The number of esters is 2. The minimum absolute atomic E-state index is 0.0760. The molecule has 4 aliphatic rings. The largest absolute Gasteiger partial charge is 0.475 e. The van der Waals surface area contributed by atoms with E-state index < -0.39 is 16.8 Å². The maximum Gasteiger partial charge on any atom is 0.410 e. The molecule has 4 bridgehead atoms. The van der Waals surface area contributed by atoms with Gasteiger partial charge in [-0.25, -0.2) is 29.1 Å². The van der Waals surface area contributed by atoms with Crippen LogP contribution in [0.4, 0.5) is 15.3 Å². The second kappa shape index (κ2) is 42.5. The van der Waals surface area contributed by atoms with Gasteiger partial charge in [0.15, 0.2) is 0 Å². The second-order valence-electron chi connectivity index (χ2n) is 25.7. The summed E-state index contributed by atoms with van der Waals surface area (Å²) in [6.07, 6.45) is 7.47. The van der Waals surface area contributed by atoms with E-state index in [2.05, 4.69) is 36.1 Å². The lowest BCUT2D eigenvalue weighted by molar-refractivity contribution is -0.161. The van der Waals surface area contributed by atoms with Crippen molar-refractivity contribution in [1.82, 2.24) is 25.1 Å². The van der Waals surface area contributed by atoms with E-state index >= 15 is 0 Å². The third-order valence-electron chi connectivity index (χ3n) is 12.9. The van der Waals surface area contributed by atoms with E-state index in [9.17, 15) is 19.2 Å². The molecule has 0 spiro atoms. The minimum Gasteiger partial charge on any atom is -0.475 e. The van der Waals surface area contributed by atoms with Gasteiger partial charge in [-0.1, -0.05) is 15.9 Å². The third kappa shape index (κ3) is 37.6. The highest BCUT2D eigenvalue weighted by Gasteiger charge is 2.43. The molecule has 91 heavy (non-hydrogen) atoms. The predicted octanol–water partition coefficient (Wildman–Crippen LogP) is 7.48. The van der Waals surface area contributed by atoms with Gasteiger partial charge in [0.25, 0.3) is 0 Å². The molecular formula is C64H107BrN6O20. The summed E-state index contributed by atoms with van der Waals surface area (Å²) in [5.41, 5.74) is -0.847. The fraction of sp³-hybridized carbons (Fsp3) is 0.781. The van der Waals surface area contributed by atoms with Crippen molar-refractivity contribution >= 4 is 45.7 Å². The number of hydrogen-bond acceptors (Lipinski definition) is 24.